The zero-order valence-electron chi connectivity index (χ0n) is 23.6. The molecule has 2 N–H and O–H groups in total. The van der Waals surface area contributed by atoms with E-state index in [4.69, 9.17) is 0 Å². The summed E-state index contributed by atoms with van der Waals surface area (Å²) in [6, 6.07) is 3.92. The van der Waals surface area contributed by atoms with Crippen LogP contribution < -0.4 is 20.8 Å². The van der Waals surface area contributed by atoms with Crippen molar-refractivity contribution in [1.29, 1.82) is 0 Å². The van der Waals surface area contributed by atoms with Crippen LogP contribution in [0.3, 0.4) is 0 Å². The van der Waals surface area contributed by atoms with Crippen molar-refractivity contribution in [2.24, 2.45) is 5.92 Å². The molecule has 0 aromatic carbocycles. The van der Waals surface area contributed by atoms with E-state index in [1.54, 1.807) is 35.4 Å². The lowest BCUT2D eigenvalue weighted by molar-refractivity contribution is -0.125. The van der Waals surface area contributed by atoms with Crippen molar-refractivity contribution in [2.45, 2.75) is 30.9 Å². The van der Waals surface area contributed by atoms with Gasteiger partial charge in [-0.25, -0.2) is 4.98 Å². The van der Waals surface area contributed by atoms with Gasteiger partial charge in [0.2, 0.25) is 5.91 Å². The van der Waals surface area contributed by atoms with Gasteiger partial charge in [-0.1, -0.05) is 18.7 Å². The van der Waals surface area contributed by atoms with Gasteiger partial charge in [-0.2, -0.15) is 5.10 Å². The fourth-order valence-electron chi connectivity index (χ4n) is 5.69. The van der Waals surface area contributed by atoms with Crippen LogP contribution in [0.25, 0.3) is 23.4 Å². The first-order valence-electron chi connectivity index (χ1n) is 14.0. The predicted molar refractivity (Wildman–Crippen MR) is 167 cm³/mol. The van der Waals surface area contributed by atoms with Gasteiger partial charge >= 0.3 is 0 Å². The van der Waals surface area contributed by atoms with Crippen LogP contribution >= 0.6 is 23.1 Å². The second-order valence-corrected chi connectivity index (χ2v) is 12.7. The maximum Gasteiger partial charge on any atom is 0.237 e. The molecule has 0 saturated carbocycles. The monoisotopic (exact) mass is 591 g/mol. The normalized spacial score (nSPS) is 21.0. The molecule has 0 bridgehead atoms. The average Bonchev–Trinajstić information content (AvgIpc) is 3.75. The summed E-state index contributed by atoms with van der Waals surface area (Å²) in [7, 11) is 0. The van der Waals surface area contributed by atoms with E-state index in [1.807, 2.05) is 49.0 Å². The van der Waals surface area contributed by atoms with E-state index in [0.717, 1.165) is 71.5 Å². The van der Waals surface area contributed by atoms with E-state index in [2.05, 4.69) is 41.9 Å². The minimum Gasteiger partial charge on any atom is -0.351 e. The maximum atomic E-state index is 13.5. The summed E-state index contributed by atoms with van der Waals surface area (Å²) in [6.45, 7) is 9.59. The maximum absolute atomic E-state index is 13.5. The molecule has 0 aliphatic carbocycles. The fourth-order valence-corrected chi connectivity index (χ4v) is 7.25. The number of H-pyrrole nitrogens is 1. The molecule has 41 heavy (non-hydrogen) atoms. The van der Waals surface area contributed by atoms with Gasteiger partial charge in [0.25, 0.3) is 0 Å². The van der Waals surface area contributed by atoms with Crippen LogP contribution in [-0.4, -0.2) is 87.0 Å². The van der Waals surface area contributed by atoms with E-state index in [9.17, 15) is 9.59 Å². The Balaban J connectivity index is 1.19. The van der Waals surface area contributed by atoms with E-state index < -0.39 is 4.75 Å². The van der Waals surface area contributed by atoms with Gasteiger partial charge in [-0.15, -0.1) is 23.1 Å². The van der Waals surface area contributed by atoms with Gasteiger partial charge in [0.15, 0.2) is 5.13 Å². The number of nitrogens with one attached hydrogen (secondary N) is 2. The number of pyridine rings is 1. The molecule has 1 atom stereocenters. The largest absolute Gasteiger partial charge is 0.351 e. The highest BCUT2D eigenvalue weighted by molar-refractivity contribution is 8.00. The van der Waals surface area contributed by atoms with Gasteiger partial charge < -0.3 is 10.2 Å². The number of rotatable bonds is 10. The first-order valence-corrected chi connectivity index (χ1v) is 16.1. The number of Topliss-reactive ketones (excluding diaryl/α,β-unsaturated/α-hetero) is 1. The minimum atomic E-state index is -0.570. The third-order valence-electron chi connectivity index (χ3n) is 7.99. The Morgan fingerprint density at radius 2 is 2.10 bits per heavy atom. The molecule has 0 unspecified atom stereocenters. The van der Waals surface area contributed by atoms with Crippen LogP contribution in [0.4, 0.5) is 5.13 Å². The van der Waals surface area contributed by atoms with E-state index in [-0.39, 0.29) is 11.8 Å². The number of aryl methyl sites for hydroxylation is 1. The van der Waals surface area contributed by atoms with Crippen LogP contribution in [0.1, 0.15) is 25.0 Å². The molecule has 0 radical (unpaired) electrons. The topological polar surface area (TPSA) is 107 Å². The molecule has 2 aliphatic rings. The molecule has 216 valence electrons. The Hall–Kier alpha value is -3.28. The standard InChI is InChI=1S/C30H37N7O2S2/c1-4-5-25-24(27(35-34-25)23-6-11-31-21(2)18-23)7-12-32-28(39)30(40-3)10-16-36(20-30)19-26(38)22-8-14-37(15-9-22)29-33-13-17-41-29/h4-7,11,13,17-18,22,34H,1,8-10,12,14-16,19-20H2,2-3H3,(H,32,39)/b24-7+,25-5+/t30-/m0/s1. The molecule has 5 heterocycles. The Kier molecular flexibility index (Phi) is 9.36. The Morgan fingerprint density at radius 3 is 2.80 bits per heavy atom. The molecular formula is C30H37N7O2S2. The van der Waals surface area contributed by atoms with Crippen LogP contribution in [-0.2, 0) is 9.59 Å². The summed E-state index contributed by atoms with van der Waals surface area (Å²) in [5.74, 6) is 0.375. The highest BCUT2D eigenvalue weighted by Gasteiger charge is 2.44. The number of likely N-dealkylation sites (tertiary alicyclic amines) is 1. The number of carbonyl (C=O) groups excluding carboxylic acids is 2. The summed E-state index contributed by atoms with van der Waals surface area (Å²) in [6.07, 6.45) is 13.6. The molecule has 2 fully saturated rings. The van der Waals surface area contributed by atoms with Gasteiger partial charge in [-0.3, -0.25) is 24.6 Å². The number of hydrogen-bond donors (Lipinski definition) is 2. The quantitative estimate of drug-likeness (QED) is 0.370. The average molecular weight is 592 g/mol. The number of aromatic nitrogens is 4. The van der Waals surface area contributed by atoms with Crippen LogP contribution in [0, 0.1) is 12.8 Å². The Morgan fingerprint density at radius 1 is 1.27 bits per heavy atom. The number of ketones is 1. The number of anilines is 1. The molecule has 2 aliphatic heterocycles. The van der Waals surface area contributed by atoms with Gasteiger partial charge in [0.1, 0.15) is 10.5 Å². The lowest BCUT2D eigenvalue weighted by Gasteiger charge is -2.32. The molecule has 2 saturated heterocycles. The number of amides is 1. The van der Waals surface area contributed by atoms with Crippen LogP contribution in [0.5, 0.6) is 0 Å². The molecule has 11 heteroatoms. The minimum absolute atomic E-state index is 0.00649. The van der Waals surface area contributed by atoms with Crippen molar-refractivity contribution in [1.82, 2.24) is 30.4 Å². The second-order valence-electron chi connectivity index (χ2n) is 10.6. The van der Waals surface area contributed by atoms with Gasteiger partial charge in [-0.05, 0) is 50.7 Å². The Bertz CT molecular complexity index is 1490. The molecule has 9 nitrogen and oxygen atoms in total. The number of hydrogen-bond acceptors (Lipinski definition) is 9. The summed E-state index contributed by atoms with van der Waals surface area (Å²) in [5.41, 5.74) is 2.67. The number of allylic oxidation sites excluding steroid dienone is 1. The van der Waals surface area contributed by atoms with Crippen molar-refractivity contribution < 1.29 is 9.59 Å². The molecule has 0 spiro atoms. The SMILES string of the molecule is C=C/C=c1/[nH]nc(-c2ccnc(C)c2)/c1=C/CNC(=O)[C@]1(SC)CCN(CC(=O)C2CCN(c3nccs3)CC2)C1. The Labute approximate surface area is 248 Å². The summed E-state index contributed by atoms with van der Waals surface area (Å²) in [5, 5.41) is 15.5. The first-order chi connectivity index (χ1) is 19.9. The molecule has 1 amide bonds. The molecule has 5 rings (SSSR count). The van der Waals surface area contributed by atoms with E-state index >= 15 is 0 Å². The van der Waals surface area contributed by atoms with Gasteiger partial charge in [0, 0.05) is 72.9 Å². The second kappa shape index (κ2) is 13.1. The van der Waals surface area contributed by atoms with Crippen LogP contribution in [0.2, 0.25) is 0 Å². The van der Waals surface area contributed by atoms with Crippen molar-refractivity contribution in [2.75, 3.05) is 50.4 Å². The van der Waals surface area contributed by atoms with Crippen molar-refractivity contribution in [3.05, 3.63) is 58.8 Å². The molecular weight excluding hydrogens is 555 g/mol. The number of carbonyl (C=O) groups is 2. The number of thiazole rings is 1. The zero-order valence-corrected chi connectivity index (χ0v) is 25.3. The zero-order chi connectivity index (χ0) is 28.8. The number of nitrogens with zero attached hydrogens (tertiary/aromatic N) is 5. The van der Waals surface area contributed by atoms with Crippen LogP contribution in [0.15, 0.2) is 42.6 Å². The lowest BCUT2D eigenvalue weighted by atomic mass is 9.92. The third-order valence-corrected chi connectivity index (χ3v) is 10.1. The number of aromatic amines is 1. The fraction of sp³-hybridized carbons (Fsp3) is 0.433. The number of piperidine rings is 1. The van der Waals surface area contributed by atoms with Gasteiger partial charge in [0.05, 0.1) is 17.6 Å². The summed E-state index contributed by atoms with van der Waals surface area (Å²) in [4.78, 5) is 39.8. The first kappa shape index (κ1) is 29.2. The predicted octanol–water partition coefficient (Wildman–Crippen LogP) is 2.39. The smallest absolute Gasteiger partial charge is 0.237 e. The lowest BCUT2D eigenvalue weighted by Crippen LogP contribution is -2.47. The van der Waals surface area contributed by atoms with E-state index in [1.165, 1.54) is 0 Å². The van der Waals surface area contributed by atoms with E-state index in [0.29, 0.717) is 25.4 Å². The van der Waals surface area contributed by atoms with Crippen molar-refractivity contribution >= 4 is 52.1 Å². The number of thioether (sulfide) groups is 1. The highest BCUT2D eigenvalue weighted by atomic mass is 32.2. The van der Waals surface area contributed by atoms with Crippen molar-refractivity contribution in [3.8, 4) is 11.3 Å². The third kappa shape index (κ3) is 6.63. The summed E-state index contributed by atoms with van der Waals surface area (Å²) >= 11 is 3.22. The molecule has 3 aromatic rings. The molecule has 3 aromatic heterocycles. The highest BCUT2D eigenvalue weighted by Crippen LogP contribution is 2.34. The summed E-state index contributed by atoms with van der Waals surface area (Å²) < 4.78 is -0.570. The van der Waals surface area contributed by atoms with Crippen molar-refractivity contribution in [3.63, 3.8) is 0 Å².